The summed E-state index contributed by atoms with van der Waals surface area (Å²) >= 11 is 0. The van der Waals surface area contributed by atoms with Crippen LogP contribution in [-0.2, 0) is 24.3 Å². The van der Waals surface area contributed by atoms with Gasteiger partial charge in [-0.25, -0.2) is 14.8 Å². The Bertz CT molecular complexity index is 1060. The zero-order chi connectivity index (χ0) is 23.1. The van der Waals surface area contributed by atoms with Gasteiger partial charge in [0.15, 0.2) is 0 Å². The topological polar surface area (TPSA) is 137 Å². The van der Waals surface area contributed by atoms with Crippen LogP contribution in [0.15, 0.2) is 43.0 Å². The number of carbonyl (C=O) groups is 2. The van der Waals surface area contributed by atoms with Crippen molar-refractivity contribution in [2.75, 3.05) is 11.9 Å². The molecule has 0 spiro atoms. The maximum atomic E-state index is 12.5. The van der Waals surface area contributed by atoms with Crippen molar-refractivity contribution in [1.82, 2.24) is 30.0 Å². The summed E-state index contributed by atoms with van der Waals surface area (Å²) in [7, 11) is 0. The molecule has 1 amide bonds. The highest BCUT2D eigenvalue weighted by molar-refractivity contribution is 5.94. The molecule has 0 radical (unpaired) electrons. The summed E-state index contributed by atoms with van der Waals surface area (Å²) in [5.41, 5.74) is 3.69. The van der Waals surface area contributed by atoms with Gasteiger partial charge < -0.3 is 15.3 Å². The van der Waals surface area contributed by atoms with Crippen LogP contribution in [0.3, 0.4) is 0 Å². The van der Waals surface area contributed by atoms with Gasteiger partial charge in [-0.2, -0.15) is 18.3 Å². The molecule has 1 aliphatic rings. The van der Waals surface area contributed by atoms with Gasteiger partial charge in [-0.05, 0) is 24.6 Å². The molecule has 0 aromatic carbocycles. The Morgan fingerprint density at radius 2 is 1.91 bits per heavy atom. The van der Waals surface area contributed by atoms with E-state index in [-0.39, 0.29) is 5.91 Å². The number of pyridine rings is 1. The fraction of sp³-hybridized carbons (Fsp3) is 0.263. The van der Waals surface area contributed by atoms with Gasteiger partial charge in [0.25, 0.3) is 5.91 Å². The van der Waals surface area contributed by atoms with Crippen molar-refractivity contribution in [3.8, 4) is 0 Å². The average molecular weight is 449 g/mol. The molecule has 0 saturated carbocycles. The SMILES string of the molecule is O=C(O)C(F)(F)F.O=C(c1cccnc1)N1CCc2c(CNc3ncccn3)n[nH]c2C1. The molecular formula is C19H18F3N7O3. The molecule has 32 heavy (non-hydrogen) atoms. The lowest BCUT2D eigenvalue weighted by atomic mass is 10.0. The van der Waals surface area contributed by atoms with E-state index in [2.05, 4.69) is 30.5 Å². The van der Waals surface area contributed by atoms with Crippen LogP contribution < -0.4 is 5.32 Å². The predicted octanol–water partition coefficient (Wildman–Crippen LogP) is 2.04. The van der Waals surface area contributed by atoms with Gasteiger partial charge in [-0.1, -0.05) is 0 Å². The molecule has 0 aliphatic carbocycles. The van der Waals surface area contributed by atoms with E-state index < -0.39 is 12.1 Å². The minimum atomic E-state index is -5.08. The maximum absolute atomic E-state index is 12.5. The van der Waals surface area contributed by atoms with Gasteiger partial charge in [0, 0.05) is 36.9 Å². The lowest BCUT2D eigenvalue weighted by Gasteiger charge is -2.27. The number of hydrogen-bond donors (Lipinski definition) is 3. The number of anilines is 1. The minimum absolute atomic E-state index is 0.00860. The van der Waals surface area contributed by atoms with E-state index in [0.717, 1.165) is 17.8 Å². The number of carboxylic acid groups (broad SMARTS) is 1. The number of hydrogen-bond acceptors (Lipinski definition) is 7. The zero-order valence-corrected chi connectivity index (χ0v) is 16.5. The maximum Gasteiger partial charge on any atom is 0.490 e. The van der Waals surface area contributed by atoms with Gasteiger partial charge in [-0.15, -0.1) is 0 Å². The molecule has 4 heterocycles. The summed E-state index contributed by atoms with van der Waals surface area (Å²) in [6.45, 7) is 1.74. The van der Waals surface area contributed by atoms with E-state index in [1.54, 1.807) is 43.0 Å². The van der Waals surface area contributed by atoms with Gasteiger partial charge in [0.05, 0.1) is 30.0 Å². The van der Waals surface area contributed by atoms with Gasteiger partial charge in [0.2, 0.25) is 5.95 Å². The number of rotatable bonds is 4. The first kappa shape index (κ1) is 22.7. The Morgan fingerprint density at radius 3 is 2.53 bits per heavy atom. The molecule has 13 heteroatoms. The van der Waals surface area contributed by atoms with Crippen LogP contribution in [0.25, 0.3) is 0 Å². The molecule has 3 aromatic heterocycles. The molecule has 0 bridgehead atoms. The van der Waals surface area contributed by atoms with Crippen molar-refractivity contribution in [3.05, 3.63) is 65.5 Å². The normalized spacial score (nSPS) is 12.9. The van der Waals surface area contributed by atoms with E-state index in [0.29, 0.717) is 31.1 Å². The first-order valence-corrected chi connectivity index (χ1v) is 9.31. The largest absolute Gasteiger partial charge is 0.490 e. The Labute approximate surface area is 179 Å². The van der Waals surface area contributed by atoms with Crippen molar-refractivity contribution in [2.45, 2.75) is 25.7 Å². The molecule has 10 nitrogen and oxygen atoms in total. The lowest BCUT2D eigenvalue weighted by molar-refractivity contribution is -0.192. The summed E-state index contributed by atoms with van der Waals surface area (Å²) in [6.07, 6.45) is 2.33. The summed E-state index contributed by atoms with van der Waals surface area (Å²) in [4.78, 5) is 35.6. The van der Waals surface area contributed by atoms with E-state index in [1.807, 2.05) is 4.90 Å². The van der Waals surface area contributed by atoms with Crippen molar-refractivity contribution in [2.24, 2.45) is 0 Å². The van der Waals surface area contributed by atoms with Crippen LogP contribution in [0.4, 0.5) is 19.1 Å². The summed E-state index contributed by atoms with van der Waals surface area (Å²) in [5.74, 6) is -2.19. The minimum Gasteiger partial charge on any atom is -0.475 e. The monoisotopic (exact) mass is 449 g/mol. The number of carbonyl (C=O) groups excluding carboxylic acids is 1. The number of carboxylic acids is 1. The highest BCUT2D eigenvalue weighted by Gasteiger charge is 2.38. The molecular weight excluding hydrogens is 431 g/mol. The zero-order valence-electron chi connectivity index (χ0n) is 16.5. The number of aromatic nitrogens is 5. The lowest BCUT2D eigenvalue weighted by Crippen LogP contribution is -2.36. The predicted molar refractivity (Wildman–Crippen MR) is 104 cm³/mol. The van der Waals surface area contributed by atoms with Crippen LogP contribution in [0, 0.1) is 0 Å². The van der Waals surface area contributed by atoms with Crippen molar-refractivity contribution in [1.29, 1.82) is 0 Å². The van der Waals surface area contributed by atoms with E-state index in [9.17, 15) is 18.0 Å². The van der Waals surface area contributed by atoms with Crippen LogP contribution in [0.2, 0.25) is 0 Å². The van der Waals surface area contributed by atoms with Crippen LogP contribution in [0.1, 0.15) is 27.3 Å². The smallest absolute Gasteiger partial charge is 0.475 e. The fourth-order valence-electron chi connectivity index (χ4n) is 2.93. The Hall–Kier alpha value is -4.03. The molecule has 3 aromatic rings. The molecule has 4 rings (SSSR count). The first-order chi connectivity index (χ1) is 15.3. The Morgan fingerprint density at radius 1 is 1.19 bits per heavy atom. The standard InChI is InChI=1S/C17H17N7O.C2HF3O2/c25-16(12-3-1-5-18-9-12)24-8-4-13-14(22-23-15(13)11-24)10-21-17-19-6-2-7-20-17;3-2(4,5)1(6)7/h1-3,5-7,9H,4,8,10-11H2,(H,22,23)(H,19,20,21);(H,6,7). The molecule has 3 N–H and O–H groups in total. The number of nitrogens with one attached hydrogen (secondary N) is 2. The van der Waals surface area contributed by atoms with Gasteiger partial charge in [-0.3, -0.25) is 14.9 Å². The van der Waals surface area contributed by atoms with Crippen molar-refractivity contribution in [3.63, 3.8) is 0 Å². The molecule has 1 aliphatic heterocycles. The number of amides is 1. The number of aliphatic carboxylic acids is 1. The third kappa shape index (κ3) is 5.77. The van der Waals surface area contributed by atoms with Crippen molar-refractivity contribution >= 4 is 17.8 Å². The second-order valence-corrected chi connectivity index (χ2v) is 6.57. The third-order valence-electron chi connectivity index (χ3n) is 4.44. The van der Waals surface area contributed by atoms with Crippen LogP contribution >= 0.6 is 0 Å². The molecule has 0 atom stereocenters. The Balaban J connectivity index is 0.000000360. The number of H-pyrrole nitrogens is 1. The number of aromatic amines is 1. The third-order valence-corrected chi connectivity index (χ3v) is 4.44. The van der Waals surface area contributed by atoms with Crippen molar-refractivity contribution < 1.29 is 27.9 Å². The Kier molecular flexibility index (Phi) is 6.97. The summed E-state index contributed by atoms with van der Waals surface area (Å²) in [5, 5.41) is 17.7. The quantitative estimate of drug-likeness (QED) is 0.550. The van der Waals surface area contributed by atoms with E-state index in [1.165, 1.54) is 5.56 Å². The van der Waals surface area contributed by atoms with Crippen LogP contribution in [-0.4, -0.2) is 59.8 Å². The first-order valence-electron chi connectivity index (χ1n) is 9.31. The average Bonchev–Trinajstić information content (AvgIpc) is 3.20. The number of halogens is 3. The van der Waals surface area contributed by atoms with Gasteiger partial charge >= 0.3 is 12.1 Å². The molecule has 0 unspecified atom stereocenters. The second-order valence-electron chi connectivity index (χ2n) is 6.57. The molecule has 0 saturated heterocycles. The number of alkyl halides is 3. The summed E-state index contributed by atoms with van der Waals surface area (Å²) < 4.78 is 31.7. The highest BCUT2D eigenvalue weighted by atomic mass is 19.4. The number of fused-ring (bicyclic) bond motifs is 1. The molecule has 0 fully saturated rings. The second kappa shape index (κ2) is 9.85. The fourth-order valence-corrected chi connectivity index (χ4v) is 2.93. The van der Waals surface area contributed by atoms with Gasteiger partial charge in [0.1, 0.15) is 0 Å². The van der Waals surface area contributed by atoms with E-state index in [4.69, 9.17) is 9.90 Å². The highest BCUT2D eigenvalue weighted by Crippen LogP contribution is 2.22. The van der Waals surface area contributed by atoms with E-state index >= 15 is 0 Å². The summed E-state index contributed by atoms with van der Waals surface area (Å²) in [6, 6.07) is 5.33. The van der Waals surface area contributed by atoms with Crippen LogP contribution in [0.5, 0.6) is 0 Å². The molecule has 168 valence electrons. The number of nitrogens with zero attached hydrogens (tertiary/aromatic N) is 5.